The zero-order valence-corrected chi connectivity index (χ0v) is 12.2. The lowest BCUT2D eigenvalue weighted by Gasteiger charge is -2.17. The lowest BCUT2D eigenvalue weighted by molar-refractivity contribution is 0.584. The molecular formula is C15H18F2N4. The molecule has 4 nitrogen and oxygen atoms in total. The van der Waals surface area contributed by atoms with Crippen LogP contribution >= 0.6 is 0 Å². The second-order valence-electron chi connectivity index (χ2n) is 4.95. The fraction of sp³-hybridized carbons (Fsp3) is 0.333. The SMILES string of the molecule is CCNc1ncnc(Nc2cc(F)cc(F)c2)c1C(C)C. The molecule has 0 unspecified atom stereocenters. The first-order valence-electron chi connectivity index (χ1n) is 6.83. The summed E-state index contributed by atoms with van der Waals surface area (Å²) in [4.78, 5) is 8.41. The highest BCUT2D eigenvalue weighted by Gasteiger charge is 2.15. The zero-order chi connectivity index (χ0) is 15.4. The number of anilines is 3. The van der Waals surface area contributed by atoms with Gasteiger partial charge in [-0.15, -0.1) is 0 Å². The minimum Gasteiger partial charge on any atom is -0.370 e. The molecule has 21 heavy (non-hydrogen) atoms. The maximum atomic E-state index is 13.3. The summed E-state index contributed by atoms with van der Waals surface area (Å²) >= 11 is 0. The fourth-order valence-electron chi connectivity index (χ4n) is 2.11. The van der Waals surface area contributed by atoms with Gasteiger partial charge in [0.2, 0.25) is 0 Å². The number of benzene rings is 1. The largest absolute Gasteiger partial charge is 0.370 e. The molecule has 1 heterocycles. The number of rotatable bonds is 5. The van der Waals surface area contributed by atoms with Crippen molar-refractivity contribution in [3.63, 3.8) is 0 Å². The molecule has 2 aromatic rings. The molecule has 6 heteroatoms. The maximum Gasteiger partial charge on any atom is 0.139 e. The number of nitrogens with one attached hydrogen (secondary N) is 2. The lowest BCUT2D eigenvalue weighted by atomic mass is 10.0. The molecule has 1 aromatic carbocycles. The first kappa shape index (κ1) is 15.2. The summed E-state index contributed by atoms with van der Waals surface area (Å²) in [7, 11) is 0. The van der Waals surface area contributed by atoms with Crippen LogP contribution in [-0.2, 0) is 0 Å². The third-order valence-electron chi connectivity index (χ3n) is 2.93. The van der Waals surface area contributed by atoms with E-state index < -0.39 is 11.6 Å². The minimum atomic E-state index is -0.635. The Kier molecular flexibility index (Phi) is 4.67. The molecule has 112 valence electrons. The molecule has 1 aromatic heterocycles. The summed E-state index contributed by atoms with van der Waals surface area (Å²) in [6.45, 7) is 6.72. The normalized spacial score (nSPS) is 10.8. The van der Waals surface area contributed by atoms with Gasteiger partial charge in [-0.25, -0.2) is 18.7 Å². The van der Waals surface area contributed by atoms with Gasteiger partial charge in [-0.05, 0) is 25.0 Å². The summed E-state index contributed by atoms with van der Waals surface area (Å²) < 4.78 is 26.5. The predicted molar refractivity (Wildman–Crippen MR) is 79.9 cm³/mol. The van der Waals surface area contributed by atoms with E-state index in [0.717, 1.165) is 24.0 Å². The van der Waals surface area contributed by atoms with Gasteiger partial charge >= 0.3 is 0 Å². The average molecular weight is 292 g/mol. The van der Waals surface area contributed by atoms with Crippen LogP contribution in [0.1, 0.15) is 32.3 Å². The van der Waals surface area contributed by atoms with Gasteiger partial charge in [0.25, 0.3) is 0 Å². The Balaban J connectivity index is 2.41. The standard InChI is InChI=1S/C15H18F2N4/c1-4-18-14-13(9(2)3)15(20-8-19-14)21-12-6-10(16)5-11(17)7-12/h5-9H,4H2,1-3H3,(H2,18,19,20,21). The monoisotopic (exact) mass is 292 g/mol. The van der Waals surface area contributed by atoms with Gasteiger partial charge in [-0.3, -0.25) is 0 Å². The first-order chi connectivity index (χ1) is 10.0. The van der Waals surface area contributed by atoms with Crippen LogP contribution in [0, 0.1) is 11.6 Å². The summed E-state index contributed by atoms with van der Waals surface area (Å²) in [5, 5.41) is 6.13. The van der Waals surface area contributed by atoms with Crippen LogP contribution in [0.4, 0.5) is 26.1 Å². The van der Waals surface area contributed by atoms with E-state index in [4.69, 9.17) is 0 Å². The van der Waals surface area contributed by atoms with E-state index in [2.05, 4.69) is 20.6 Å². The van der Waals surface area contributed by atoms with E-state index in [1.165, 1.54) is 18.5 Å². The van der Waals surface area contributed by atoms with Crippen molar-refractivity contribution in [1.29, 1.82) is 0 Å². The predicted octanol–water partition coefficient (Wildman–Crippen LogP) is 4.05. The summed E-state index contributed by atoms with van der Waals surface area (Å²) in [6, 6.07) is 3.28. The topological polar surface area (TPSA) is 49.8 Å². The average Bonchev–Trinajstić information content (AvgIpc) is 2.37. The Labute approximate surface area is 122 Å². The second kappa shape index (κ2) is 6.47. The van der Waals surface area contributed by atoms with Gasteiger partial charge in [0.15, 0.2) is 0 Å². The molecule has 0 atom stereocenters. The molecule has 0 saturated carbocycles. The number of hydrogen-bond donors (Lipinski definition) is 2. The van der Waals surface area contributed by atoms with Gasteiger partial charge < -0.3 is 10.6 Å². The molecule has 0 aliphatic rings. The Hall–Kier alpha value is -2.24. The maximum absolute atomic E-state index is 13.3. The quantitative estimate of drug-likeness (QED) is 0.872. The molecule has 0 fully saturated rings. The van der Waals surface area contributed by atoms with Crippen LogP contribution < -0.4 is 10.6 Å². The van der Waals surface area contributed by atoms with E-state index in [0.29, 0.717) is 11.5 Å². The number of hydrogen-bond acceptors (Lipinski definition) is 4. The van der Waals surface area contributed by atoms with E-state index in [9.17, 15) is 8.78 Å². The third kappa shape index (κ3) is 3.65. The van der Waals surface area contributed by atoms with Gasteiger partial charge in [0, 0.05) is 23.9 Å². The Morgan fingerprint density at radius 2 is 1.67 bits per heavy atom. The molecule has 0 amide bonds. The van der Waals surface area contributed by atoms with E-state index >= 15 is 0 Å². The molecule has 0 aliphatic carbocycles. The number of nitrogens with zero attached hydrogens (tertiary/aromatic N) is 2. The number of aromatic nitrogens is 2. The summed E-state index contributed by atoms with van der Waals surface area (Å²) in [6.07, 6.45) is 1.42. The molecule has 2 rings (SSSR count). The van der Waals surface area contributed by atoms with Gasteiger partial charge in [0.05, 0.1) is 0 Å². The van der Waals surface area contributed by atoms with E-state index in [1.54, 1.807) is 0 Å². The highest BCUT2D eigenvalue weighted by molar-refractivity contribution is 5.65. The van der Waals surface area contributed by atoms with E-state index in [1.807, 2.05) is 20.8 Å². The van der Waals surface area contributed by atoms with E-state index in [-0.39, 0.29) is 5.92 Å². The van der Waals surface area contributed by atoms with Crippen LogP contribution in [0.3, 0.4) is 0 Å². The highest BCUT2D eigenvalue weighted by atomic mass is 19.1. The van der Waals surface area contributed by atoms with Gasteiger partial charge in [-0.1, -0.05) is 13.8 Å². The van der Waals surface area contributed by atoms with Crippen LogP contribution in [0.2, 0.25) is 0 Å². The molecular weight excluding hydrogens is 274 g/mol. The number of halogens is 2. The van der Waals surface area contributed by atoms with Crippen molar-refractivity contribution < 1.29 is 8.78 Å². The van der Waals surface area contributed by atoms with Crippen molar-refractivity contribution >= 4 is 17.3 Å². The summed E-state index contributed by atoms with van der Waals surface area (Å²) in [5.41, 5.74) is 1.19. The fourth-order valence-corrected chi connectivity index (χ4v) is 2.11. The van der Waals surface area contributed by atoms with Crippen molar-refractivity contribution in [3.05, 3.63) is 41.7 Å². The Morgan fingerprint density at radius 1 is 1.05 bits per heavy atom. The minimum absolute atomic E-state index is 0.154. The lowest BCUT2D eigenvalue weighted by Crippen LogP contribution is -2.09. The summed E-state index contributed by atoms with van der Waals surface area (Å²) in [5.74, 6) is 0.151. The van der Waals surface area contributed by atoms with Gasteiger partial charge in [-0.2, -0.15) is 0 Å². The third-order valence-corrected chi connectivity index (χ3v) is 2.93. The molecule has 2 N–H and O–H groups in total. The van der Waals surface area contributed by atoms with Crippen molar-refractivity contribution in [2.45, 2.75) is 26.7 Å². The van der Waals surface area contributed by atoms with Crippen LogP contribution in [-0.4, -0.2) is 16.5 Å². The van der Waals surface area contributed by atoms with Crippen LogP contribution in [0.5, 0.6) is 0 Å². The Bertz CT molecular complexity index is 609. The van der Waals surface area contributed by atoms with Crippen molar-refractivity contribution in [1.82, 2.24) is 9.97 Å². The highest BCUT2D eigenvalue weighted by Crippen LogP contribution is 2.30. The zero-order valence-electron chi connectivity index (χ0n) is 12.2. The van der Waals surface area contributed by atoms with Crippen molar-refractivity contribution in [3.8, 4) is 0 Å². The van der Waals surface area contributed by atoms with Crippen molar-refractivity contribution in [2.75, 3.05) is 17.2 Å². The molecule has 0 saturated heterocycles. The van der Waals surface area contributed by atoms with Crippen LogP contribution in [0.25, 0.3) is 0 Å². The van der Waals surface area contributed by atoms with Crippen molar-refractivity contribution in [2.24, 2.45) is 0 Å². The second-order valence-corrected chi connectivity index (χ2v) is 4.95. The van der Waals surface area contributed by atoms with Crippen LogP contribution in [0.15, 0.2) is 24.5 Å². The smallest absolute Gasteiger partial charge is 0.139 e. The molecule has 0 spiro atoms. The first-order valence-corrected chi connectivity index (χ1v) is 6.83. The van der Waals surface area contributed by atoms with Gasteiger partial charge in [0.1, 0.15) is 29.6 Å². The Morgan fingerprint density at radius 3 is 2.24 bits per heavy atom. The molecule has 0 radical (unpaired) electrons. The molecule has 0 aliphatic heterocycles. The molecule has 0 bridgehead atoms.